The van der Waals surface area contributed by atoms with Crippen molar-refractivity contribution in [3.8, 4) is 11.8 Å². The van der Waals surface area contributed by atoms with Gasteiger partial charge in [-0.05, 0) is 29.2 Å². The van der Waals surface area contributed by atoms with Crippen molar-refractivity contribution < 1.29 is 24.3 Å². The second kappa shape index (κ2) is 7.86. The van der Waals surface area contributed by atoms with E-state index in [2.05, 4.69) is 9.88 Å². The maximum absolute atomic E-state index is 11.0. The average molecular weight is 403 g/mol. The van der Waals surface area contributed by atoms with Crippen molar-refractivity contribution in [1.29, 1.82) is 0 Å². The van der Waals surface area contributed by atoms with E-state index in [1.54, 1.807) is 4.57 Å². The van der Waals surface area contributed by atoms with Gasteiger partial charge in [0.05, 0.1) is 0 Å². The molecule has 0 bridgehead atoms. The summed E-state index contributed by atoms with van der Waals surface area (Å²) in [6.07, 6.45) is 0.942. The lowest BCUT2D eigenvalue weighted by Gasteiger charge is -2.34. The number of imidazole rings is 1. The molecule has 1 fully saturated rings. The molecule has 2 aromatic rings. The summed E-state index contributed by atoms with van der Waals surface area (Å²) in [4.78, 5) is 28.7. The molecule has 11 heteroatoms. The molecule has 1 aromatic heterocycles. The minimum atomic E-state index is -0.879. The molecule has 0 spiro atoms. The van der Waals surface area contributed by atoms with E-state index in [9.17, 15) is 14.9 Å². The van der Waals surface area contributed by atoms with Gasteiger partial charge in [-0.1, -0.05) is 0 Å². The van der Waals surface area contributed by atoms with Crippen LogP contribution in [0.5, 0.6) is 11.8 Å². The summed E-state index contributed by atoms with van der Waals surface area (Å²) < 4.78 is 13.1. The molecule has 2 aliphatic heterocycles. The highest BCUT2D eigenvalue weighted by atomic mass is 16.6. The van der Waals surface area contributed by atoms with Gasteiger partial charge >= 0.3 is 17.9 Å². The molecule has 0 aliphatic carbocycles. The molecule has 154 valence electrons. The highest BCUT2D eigenvalue weighted by Crippen LogP contribution is 2.25. The van der Waals surface area contributed by atoms with E-state index in [4.69, 9.17) is 14.6 Å². The van der Waals surface area contributed by atoms with Crippen LogP contribution in [0.15, 0.2) is 30.5 Å². The second-order valence-electron chi connectivity index (χ2n) is 6.92. The molecule has 1 saturated heterocycles. The Bertz CT molecular complexity index is 891. The minimum Gasteiger partial charge on any atom is -0.490 e. The number of amides is 1. The molecule has 29 heavy (non-hydrogen) atoms. The first-order valence-corrected chi connectivity index (χ1v) is 9.33. The number of piperazine rings is 1. The van der Waals surface area contributed by atoms with E-state index in [1.165, 1.54) is 11.1 Å². The van der Waals surface area contributed by atoms with Crippen LogP contribution in [-0.4, -0.2) is 69.5 Å². The minimum absolute atomic E-state index is 0.221. The number of fused-ring (bicyclic) bond motifs is 1. The van der Waals surface area contributed by atoms with Gasteiger partial charge in [-0.3, -0.25) is 4.57 Å². The maximum Gasteiger partial charge on any atom is 0.414 e. The zero-order valence-electron chi connectivity index (χ0n) is 15.6. The lowest BCUT2D eigenvalue weighted by Crippen LogP contribution is -2.48. The number of benzene rings is 1. The molecule has 1 atom stereocenters. The Kier molecular flexibility index (Phi) is 5.10. The van der Waals surface area contributed by atoms with E-state index in [0.29, 0.717) is 51.5 Å². The number of carbonyl (C=O) groups is 1. The van der Waals surface area contributed by atoms with Gasteiger partial charge in [0.25, 0.3) is 0 Å². The highest BCUT2D eigenvalue weighted by molar-refractivity contribution is 5.65. The Morgan fingerprint density at radius 1 is 1.24 bits per heavy atom. The number of carboxylic acid groups (broad SMARTS) is 1. The van der Waals surface area contributed by atoms with Crippen molar-refractivity contribution in [1.82, 2.24) is 14.5 Å². The Morgan fingerprint density at radius 2 is 1.97 bits per heavy atom. The summed E-state index contributed by atoms with van der Waals surface area (Å²) in [5.41, 5.74) is 1.02. The number of hydrogen-bond acceptors (Lipinski definition) is 7. The van der Waals surface area contributed by atoms with Crippen LogP contribution in [0.3, 0.4) is 0 Å². The first-order chi connectivity index (χ1) is 14.0. The molecule has 3 heterocycles. The number of ether oxygens (including phenoxy) is 2. The van der Waals surface area contributed by atoms with Gasteiger partial charge in [-0.15, -0.1) is 0 Å². The van der Waals surface area contributed by atoms with Crippen LogP contribution in [0.1, 0.15) is 6.42 Å². The van der Waals surface area contributed by atoms with Crippen molar-refractivity contribution in [2.24, 2.45) is 0 Å². The van der Waals surface area contributed by atoms with E-state index in [-0.39, 0.29) is 17.9 Å². The lowest BCUT2D eigenvalue weighted by atomic mass is 10.2. The van der Waals surface area contributed by atoms with Crippen LogP contribution in [0.25, 0.3) is 0 Å². The van der Waals surface area contributed by atoms with Gasteiger partial charge in [-0.25, -0.2) is 4.79 Å². The quantitative estimate of drug-likeness (QED) is 0.592. The highest BCUT2D eigenvalue weighted by Gasteiger charge is 2.28. The molecule has 11 nitrogen and oxygen atoms in total. The Morgan fingerprint density at radius 3 is 2.62 bits per heavy atom. The van der Waals surface area contributed by atoms with Gasteiger partial charge < -0.3 is 34.5 Å². The number of hydrogen-bond donors (Lipinski definition) is 1. The summed E-state index contributed by atoms with van der Waals surface area (Å²) in [5.74, 6) is 0.475. The van der Waals surface area contributed by atoms with Crippen molar-refractivity contribution >= 4 is 17.6 Å². The lowest BCUT2D eigenvalue weighted by molar-refractivity contribution is -0.389. The Hall–Kier alpha value is -3.50. The molecule has 0 saturated carbocycles. The third kappa shape index (κ3) is 4.18. The van der Waals surface area contributed by atoms with Crippen molar-refractivity contribution in [3.63, 3.8) is 0 Å². The van der Waals surface area contributed by atoms with Crippen molar-refractivity contribution in [2.45, 2.75) is 19.1 Å². The summed E-state index contributed by atoms with van der Waals surface area (Å²) in [6.45, 7) is 3.19. The van der Waals surface area contributed by atoms with Gasteiger partial charge in [0.2, 0.25) is 0 Å². The van der Waals surface area contributed by atoms with Crippen LogP contribution >= 0.6 is 0 Å². The van der Waals surface area contributed by atoms with E-state index < -0.39 is 11.0 Å². The number of nitrogens with zero attached hydrogens (tertiary/aromatic N) is 5. The third-order valence-corrected chi connectivity index (χ3v) is 5.07. The molecular weight excluding hydrogens is 382 g/mol. The third-order valence-electron chi connectivity index (χ3n) is 5.07. The Labute approximate surface area is 166 Å². The van der Waals surface area contributed by atoms with E-state index in [0.717, 1.165) is 5.69 Å². The SMILES string of the molecule is O=C(O)N1CCN(c2ccc(OC[C@@H]3CCn4cc([N+](=O)[O-])nc4O3)cc2)CC1. The summed E-state index contributed by atoms with van der Waals surface area (Å²) in [5, 5.41) is 19.8. The summed E-state index contributed by atoms with van der Waals surface area (Å²) >= 11 is 0. The average Bonchev–Trinajstić information content (AvgIpc) is 3.16. The number of rotatable bonds is 5. The van der Waals surface area contributed by atoms with Gasteiger partial charge in [0.15, 0.2) is 0 Å². The number of aromatic nitrogens is 2. The largest absolute Gasteiger partial charge is 0.490 e. The molecule has 0 radical (unpaired) electrons. The fourth-order valence-electron chi connectivity index (χ4n) is 3.43. The van der Waals surface area contributed by atoms with Crippen LogP contribution < -0.4 is 14.4 Å². The summed E-state index contributed by atoms with van der Waals surface area (Å²) in [6, 6.07) is 7.88. The molecule has 1 N–H and O–H groups in total. The van der Waals surface area contributed by atoms with Crippen molar-refractivity contribution in [2.75, 3.05) is 37.7 Å². The standard InChI is InChI=1S/C18H21N5O6/c24-18(25)21-9-7-20(8-10-21)13-1-3-14(4-2-13)28-12-15-5-6-22-11-16(23(26)27)19-17(22)29-15/h1-4,11,15H,5-10,12H2,(H,24,25)/t15-/m0/s1. The van der Waals surface area contributed by atoms with Gasteiger partial charge in [0.1, 0.15) is 24.7 Å². The molecule has 0 unspecified atom stereocenters. The number of aryl methyl sites for hydroxylation is 1. The van der Waals surface area contributed by atoms with E-state index >= 15 is 0 Å². The predicted molar refractivity (Wildman–Crippen MR) is 102 cm³/mol. The van der Waals surface area contributed by atoms with Gasteiger partial charge in [-0.2, -0.15) is 0 Å². The maximum atomic E-state index is 11.0. The molecule has 1 aromatic carbocycles. The first-order valence-electron chi connectivity index (χ1n) is 9.33. The molecule has 4 rings (SSSR count). The molecular formula is C18H21N5O6. The normalized spacial score (nSPS) is 18.7. The summed E-state index contributed by atoms with van der Waals surface area (Å²) in [7, 11) is 0. The molecule has 2 aliphatic rings. The Balaban J connectivity index is 1.28. The van der Waals surface area contributed by atoms with Crippen molar-refractivity contribution in [3.05, 3.63) is 40.6 Å². The fraction of sp³-hybridized carbons (Fsp3) is 0.444. The van der Waals surface area contributed by atoms with Crippen LogP contribution in [0, 0.1) is 10.1 Å². The zero-order chi connectivity index (χ0) is 20.4. The number of anilines is 1. The van der Waals surface area contributed by atoms with Crippen LogP contribution in [-0.2, 0) is 6.54 Å². The monoisotopic (exact) mass is 403 g/mol. The van der Waals surface area contributed by atoms with Crippen LogP contribution in [0.2, 0.25) is 0 Å². The second-order valence-corrected chi connectivity index (χ2v) is 6.92. The van der Waals surface area contributed by atoms with E-state index in [1.807, 2.05) is 24.3 Å². The fourth-order valence-corrected chi connectivity index (χ4v) is 3.43. The van der Waals surface area contributed by atoms with Gasteiger partial charge in [0, 0.05) is 49.8 Å². The topological polar surface area (TPSA) is 123 Å². The zero-order valence-corrected chi connectivity index (χ0v) is 15.6. The predicted octanol–water partition coefficient (Wildman–Crippen LogP) is 1.82. The first kappa shape index (κ1) is 18.8. The smallest absolute Gasteiger partial charge is 0.414 e. The van der Waals surface area contributed by atoms with Crippen LogP contribution in [0.4, 0.5) is 16.3 Å². The number of nitro groups is 1. The molecule has 1 amide bonds.